The van der Waals surface area contributed by atoms with Crippen molar-refractivity contribution in [3.63, 3.8) is 0 Å². The zero-order valence-corrected chi connectivity index (χ0v) is 11.0. The molecule has 102 valence electrons. The first-order chi connectivity index (χ1) is 8.95. The van der Waals surface area contributed by atoms with Crippen molar-refractivity contribution >= 4 is 0 Å². The van der Waals surface area contributed by atoms with Crippen LogP contribution in [0.2, 0.25) is 0 Å². The van der Waals surface area contributed by atoms with Crippen LogP contribution in [0.5, 0.6) is 0 Å². The van der Waals surface area contributed by atoms with E-state index in [2.05, 4.69) is 5.10 Å². The highest BCUT2D eigenvalue weighted by Gasteiger charge is 2.11. The number of aryl methyl sites for hydroxylation is 2. The second-order valence-corrected chi connectivity index (χ2v) is 4.82. The maximum absolute atomic E-state index is 13.1. The van der Waals surface area contributed by atoms with E-state index in [0.717, 1.165) is 17.5 Å². The predicted octanol–water partition coefficient (Wildman–Crippen LogP) is 2.12. The number of rotatable bonds is 4. The van der Waals surface area contributed by atoms with E-state index in [1.165, 1.54) is 6.07 Å². The number of nitrogens with two attached hydrogens (primary N) is 1. The average molecular weight is 265 g/mol. The van der Waals surface area contributed by atoms with Gasteiger partial charge in [-0.3, -0.25) is 4.68 Å². The summed E-state index contributed by atoms with van der Waals surface area (Å²) in [6, 6.07) is 5.72. The standard InChI is InChI=1S/C14H17F2N3/c1-9-5-12(19(2)18-9)8-11(17)6-10-3-4-13(15)14(16)7-10/h3-5,7,11H,6,8,17H2,1-2H3. The fourth-order valence-corrected chi connectivity index (χ4v) is 2.17. The smallest absolute Gasteiger partial charge is 0.159 e. The largest absolute Gasteiger partial charge is 0.327 e. The highest BCUT2D eigenvalue weighted by atomic mass is 19.2. The summed E-state index contributed by atoms with van der Waals surface area (Å²) in [6.45, 7) is 1.92. The highest BCUT2D eigenvalue weighted by molar-refractivity contribution is 5.19. The molecule has 0 aliphatic heterocycles. The molecule has 2 rings (SSSR count). The van der Waals surface area contributed by atoms with Gasteiger partial charge < -0.3 is 5.73 Å². The lowest BCUT2D eigenvalue weighted by molar-refractivity contribution is 0.505. The molecule has 0 saturated heterocycles. The topological polar surface area (TPSA) is 43.8 Å². The van der Waals surface area contributed by atoms with Crippen LogP contribution < -0.4 is 5.73 Å². The van der Waals surface area contributed by atoms with Crippen LogP contribution in [0.15, 0.2) is 24.3 Å². The summed E-state index contributed by atoms with van der Waals surface area (Å²) in [6.07, 6.45) is 1.15. The van der Waals surface area contributed by atoms with Crippen LogP contribution in [-0.2, 0) is 19.9 Å². The molecule has 1 atom stereocenters. The fraction of sp³-hybridized carbons (Fsp3) is 0.357. The molecule has 5 heteroatoms. The van der Waals surface area contributed by atoms with Crippen molar-refractivity contribution in [1.82, 2.24) is 9.78 Å². The molecule has 0 aliphatic carbocycles. The van der Waals surface area contributed by atoms with E-state index < -0.39 is 11.6 Å². The lowest BCUT2D eigenvalue weighted by atomic mass is 10.0. The molecule has 0 radical (unpaired) electrons. The summed E-state index contributed by atoms with van der Waals surface area (Å²) in [5.74, 6) is -1.67. The Labute approximate surface area is 111 Å². The Kier molecular flexibility index (Phi) is 3.95. The van der Waals surface area contributed by atoms with Gasteiger partial charge in [-0.05, 0) is 37.1 Å². The van der Waals surface area contributed by atoms with Crippen molar-refractivity contribution in [3.05, 3.63) is 52.9 Å². The molecule has 0 aliphatic rings. The van der Waals surface area contributed by atoms with Gasteiger partial charge in [0.1, 0.15) is 0 Å². The minimum atomic E-state index is -0.834. The second-order valence-electron chi connectivity index (χ2n) is 4.82. The monoisotopic (exact) mass is 265 g/mol. The molecular weight excluding hydrogens is 248 g/mol. The van der Waals surface area contributed by atoms with Gasteiger partial charge >= 0.3 is 0 Å². The SMILES string of the molecule is Cc1cc(CC(N)Cc2ccc(F)c(F)c2)n(C)n1. The summed E-state index contributed by atoms with van der Waals surface area (Å²) in [4.78, 5) is 0. The van der Waals surface area contributed by atoms with Crippen molar-refractivity contribution in [2.45, 2.75) is 25.8 Å². The van der Waals surface area contributed by atoms with E-state index in [0.29, 0.717) is 18.4 Å². The molecule has 19 heavy (non-hydrogen) atoms. The average Bonchev–Trinajstić information content (AvgIpc) is 2.62. The summed E-state index contributed by atoms with van der Waals surface area (Å²) >= 11 is 0. The zero-order chi connectivity index (χ0) is 14.0. The van der Waals surface area contributed by atoms with E-state index in [-0.39, 0.29) is 6.04 Å². The van der Waals surface area contributed by atoms with Crippen LogP contribution in [0.3, 0.4) is 0 Å². The van der Waals surface area contributed by atoms with Crippen molar-refractivity contribution in [2.75, 3.05) is 0 Å². The summed E-state index contributed by atoms with van der Waals surface area (Å²) in [7, 11) is 1.87. The highest BCUT2D eigenvalue weighted by Crippen LogP contribution is 2.12. The summed E-state index contributed by atoms with van der Waals surface area (Å²) < 4.78 is 27.7. The minimum absolute atomic E-state index is 0.153. The first-order valence-electron chi connectivity index (χ1n) is 6.14. The maximum atomic E-state index is 13.1. The van der Waals surface area contributed by atoms with Crippen LogP contribution in [-0.4, -0.2) is 15.8 Å². The molecule has 0 spiro atoms. The summed E-state index contributed by atoms with van der Waals surface area (Å²) in [5.41, 5.74) is 8.72. The number of aromatic nitrogens is 2. The van der Waals surface area contributed by atoms with Gasteiger partial charge in [-0.1, -0.05) is 6.07 Å². The van der Waals surface area contributed by atoms with Gasteiger partial charge in [0.2, 0.25) is 0 Å². The quantitative estimate of drug-likeness (QED) is 0.920. The molecule has 1 aromatic carbocycles. The maximum Gasteiger partial charge on any atom is 0.159 e. The Balaban J connectivity index is 2.03. The Morgan fingerprint density at radius 2 is 1.95 bits per heavy atom. The third-order valence-corrected chi connectivity index (χ3v) is 3.05. The van der Waals surface area contributed by atoms with E-state index in [1.807, 2.05) is 20.0 Å². The third-order valence-electron chi connectivity index (χ3n) is 3.05. The molecule has 1 unspecified atom stereocenters. The fourth-order valence-electron chi connectivity index (χ4n) is 2.17. The van der Waals surface area contributed by atoms with E-state index >= 15 is 0 Å². The van der Waals surface area contributed by atoms with Crippen molar-refractivity contribution in [2.24, 2.45) is 12.8 Å². The van der Waals surface area contributed by atoms with Crippen molar-refractivity contribution in [1.29, 1.82) is 0 Å². The lowest BCUT2D eigenvalue weighted by Gasteiger charge is -2.12. The number of hydrogen-bond donors (Lipinski definition) is 1. The molecular formula is C14H17F2N3. The van der Waals surface area contributed by atoms with E-state index in [1.54, 1.807) is 10.7 Å². The van der Waals surface area contributed by atoms with Gasteiger partial charge in [0.15, 0.2) is 11.6 Å². The van der Waals surface area contributed by atoms with Crippen LogP contribution in [0.1, 0.15) is 17.0 Å². The Hall–Kier alpha value is -1.75. The zero-order valence-electron chi connectivity index (χ0n) is 11.0. The van der Waals surface area contributed by atoms with Gasteiger partial charge in [-0.2, -0.15) is 5.10 Å². The third kappa shape index (κ3) is 3.38. The summed E-state index contributed by atoms with van der Waals surface area (Å²) in [5, 5.41) is 4.25. The second kappa shape index (κ2) is 5.48. The first-order valence-corrected chi connectivity index (χ1v) is 6.14. The Morgan fingerprint density at radius 1 is 1.21 bits per heavy atom. The van der Waals surface area contributed by atoms with Gasteiger partial charge in [0.05, 0.1) is 5.69 Å². The van der Waals surface area contributed by atoms with Crippen LogP contribution >= 0.6 is 0 Å². The van der Waals surface area contributed by atoms with Gasteiger partial charge in [0, 0.05) is 25.2 Å². The molecule has 0 amide bonds. The molecule has 0 fully saturated rings. The van der Waals surface area contributed by atoms with Crippen LogP contribution in [0.4, 0.5) is 8.78 Å². The van der Waals surface area contributed by atoms with Gasteiger partial charge in [-0.15, -0.1) is 0 Å². The molecule has 1 heterocycles. The number of nitrogens with zero attached hydrogens (tertiary/aromatic N) is 2. The van der Waals surface area contributed by atoms with Crippen LogP contribution in [0, 0.1) is 18.6 Å². The number of benzene rings is 1. The first kappa shape index (κ1) is 13.7. The molecule has 0 bridgehead atoms. The molecule has 2 aromatic rings. The van der Waals surface area contributed by atoms with Crippen LogP contribution in [0.25, 0.3) is 0 Å². The van der Waals surface area contributed by atoms with Gasteiger partial charge in [0.25, 0.3) is 0 Å². The Morgan fingerprint density at radius 3 is 2.53 bits per heavy atom. The van der Waals surface area contributed by atoms with E-state index in [4.69, 9.17) is 5.73 Å². The lowest BCUT2D eigenvalue weighted by Crippen LogP contribution is -2.26. The molecule has 3 nitrogen and oxygen atoms in total. The minimum Gasteiger partial charge on any atom is -0.327 e. The molecule has 2 N–H and O–H groups in total. The number of halogens is 2. The molecule has 0 saturated carbocycles. The van der Waals surface area contributed by atoms with Gasteiger partial charge in [-0.25, -0.2) is 8.78 Å². The normalized spacial score (nSPS) is 12.7. The Bertz CT molecular complexity index is 578. The molecule has 1 aromatic heterocycles. The van der Waals surface area contributed by atoms with Crippen molar-refractivity contribution < 1.29 is 8.78 Å². The van der Waals surface area contributed by atoms with Crippen molar-refractivity contribution in [3.8, 4) is 0 Å². The van der Waals surface area contributed by atoms with E-state index in [9.17, 15) is 8.78 Å². The number of hydrogen-bond acceptors (Lipinski definition) is 2. The predicted molar refractivity (Wildman–Crippen MR) is 69.7 cm³/mol.